The first-order valence-electron chi connectivity index (χ1n) is 11.9. The highest BCUT2D eigenvalue weighted by atomic mass is 32.2. The number of carbonyl (C=O) groups excluding carboxylic acids is 1. The number of halogens is 3. The number of aromatic nitrogens is 1. The molecule has 4 rings (SSSR count). The minimum Gasteiger partial charge on any atom is -0.481 e. The number of pyridine rings is 1. The van der Waals surface area contributed by atoms with Gasteiger partial charge in [0.05, 0.1) is 36.1 Å². The fourth-order valence-electron chi connectivity index (χ4n) is 3.74. The molecule has 0 unspecified atom stereocenters. The molecular formula is C27H24F3N7O3S. The van der Waals surface area contributed by atoms with Crippen molar-refractivity contribution >= 4 is 52.6 Å². The number of aliphatic imine (C=N–C) groups is 2. The largest absolute Gasteiger partial charge is 0.573 e. The van der Waals surface area contributed by atoms with Gasteiger partial charge >= 0.3 is 6.36 Å². The summed E-state index contributed by atoms with van der Waals surface area (Å²) in [5, 5.41) is 8.87. The molecule has 41 heavy (non-hydrogen) atoms. The second kappa shape index (κ2) is 12.6. The SMILES string of the molecule is COc1cc(C)c(N2C(=O)CS/C2=N/N=C\c2ccc(C(N)=NC=Nc3ccc(OC(F)(F)F)cc3)cc2)c(C)n1. The van der Waals surface area contributed by atoms with Crippen LogP contribution in [0, 0.1) is 13.8 Å². The van der Waals surface area contributed by atoms with Crippen LogP contribution in [0.4, 0.5) is 24.5 Å². The van der Waals surface area contributed by atoms with Gasteiger partial charge in [0.2, 0.25) is 11.8 Å². The van der Waals surface area contributed by atoms with Gasteiger partial charge in [-0.25, -0.2) is 15.0 Å². The number of nitrogens with zero attached hydrogens (tertiary/aromatic N) is 6. The van der Waals surface area contributed by atoms with Crippen molar-refractivity contribution in [2.24, 2.45) is 25.9 Å². The Bertz CT molecular complexity index is 1510. The minimum atomic E-state index is -4.76. The van der Waals surface area contributed by atoms with Gasteiger partial charge in [-0.1, -0.05) is 36.0 Å². The fourth-order valence-corrected chi connectivity index (χ4v) is 4.55. The summed E-state index contributed by atoms with van der Waals surface area (Å²) in [6.45, 7) is 3.68. The summed E-state index contributed by atoms with van der Waals surface area (Å²) in [7, 11) is 1.54. The predicted octanol–water partition coefficient (Wildman–Crippen LogP) is 5.14. The van der Waals surface area contributed by atoms with Crippen LogP contribution in [0.25, 0.3) is 0 Å². The number of methoxy groups -OCH3 is 1. The van der Waals surface area contributed by atoms with E-state index in [4.69, 9.17) is 10.5 Å². The molecule has 2 N–H and O–H groups in total. The average molecular weight is 584 g/mol. The fraction of sp³-hybridized carbons (Fsp3) is 0.185. The van der Waals surface area contributed by atoms with Crippen LogP contribution in [0.2, 0.25) is 0 Å². The Balaban J connectivity index is 1.41. The van der Waals surface area contributed by atoms with Crippen LogP contribution in [0.3, 0.4) is 0 Å². The van der Waals surface area contributed by atoms with Crippen LogP contribution < -0.4 is 20.1 Å². The molecule has 0 bridgehead atoms. The lowest BCUT2D eigenvalue weighted by Gasteiger charge is -2.20. The zero-order valence-corrected chi connectivity index (χ0v) is 22.9. The third kappa shape index (κ3) is 7.69. The van der Waals surface area contributed by atoms with Crippen LogP contribution in [0.15, 0.2) is 74.8 Å². The lowest BCUT2D eigenvalue weighted by molar-refractivity contribution is -0.274. The number of benzene rings is 2. The Morgan fingerprint density at radius 1 is 1.12 bits per heavy atom. The number of amides is 1. The Labute approximate surface area is 237 Å². The first-order valence-corrected chi connectivity index (χ1v) is 12.9. The molecule has 2 heterocycles. The predicted molar refractivity (Wildman–Crippen MR) is 154 cm³/mol. The number of thioether (sulfide) groups is 1. The molecule has 1 amide bonds. The highest BCUT2D eigenvalue weighted by molar-refractivity contribution is 8.15. The maximum atomic E-state index is 12.6. The Morgan fingerprint density at radius 3 is 2.46 bits per heavy atom. The maximum Gasteiger partial charge on any atom is 0.573 e. The number of hydrogen-bond donors (Lipinski definition) is 1. The number of hydrogen-bond acceptors (Lipinski definition) is 8. The van der Waals surface area contributed by atoms with Gasteiger partial charge in [0.1, 0.15) is 17.9 Å². The molecule has 1 fully saturated rings. The van der Waals surface area contributed by atoms with Crippen molar-refractivity contribution in [3.8, 4) is 11.6 Å². The Kier molecular flexibility index (Phi) is 9.02. The van der Waals surface area contributed by atoms with E-state index in [1.165, 1.54) is 42.2 Å². The van der Waals surface area contributed by atoms with Gasteiger partial charge in [0.25, 0.3) is 0 Å². The highest BCUT2D eigenvalue weighted by Gasteiger charge is 2.33. The number of nitrogens with two attached hydrogens (primary N) is 1. The van der Waals surface area contributed by atoms with Gasteiger partial charge in [-0.05, 0) is 49.2 Å². The second-order valence-electron chi connectivity index (χ2n) is 8.48. The summed E-state index contributed by atoms with van der Waals surface area (Å²) >= 11 is 1.29. The molecule has 14 heteroatoms. The molecule has 0 saturated carbocycles. The summed E-state index contributed by atoms with van der Waals surface area (Å²) in [5.74, 6) is 0.437. The maximum absolute atomic E-state index is 12.6. The van der Waals surface area contributed by atoms with E-state index in [1.807, 2.05) is 6.92 Å². The molecule has 212 valence electrons. The smallest absolute Gasteiger partial charge is 0.481 e. The molecule has 0 radical (unpaired) electrons. The lowest BCUT2D eigenvalue weighted by atomic mass is 10.1. The Morgan fingerprint density at radius 2 is 1.83 bits per heavy atom. The van der Waals surface area contributed by atoms with E-state index in [1.54, 1.807) is 43.5 Å². The van der Waals surface area contributed by atoms with Crippen LogP contribution in [-0.4, -0.2) is 53.7 Å². The van der Waals surface area contributed by atoms with Crippen molar-refractivity contribution < 1.29 is 27.4 Å². The van der Waals surface area contributed by atoms with Crippen molar-refractivity contribution in [3.05, 3.63) is 77.0 Å². The summed E-state index contributed by atoms with van der Waals surface area (Å²) in [6.07, 6.45) is -2.01. The topological polar surface area (TPSA) is 127 Å². The number of rotatable bonds is 8. The second-order valence-corrected chi connectivity index (χ2v) is 9.43. The standard InChI is InChI=1S/C27H24F3N7O3S/c1-16-12-22(39-3)35-17(2)24(16)37-23(38)14-41-26(37)36-34-13-18-4-6-19(7-5-18)25(31)33-15-32-20-8-10-21(11-9-20)40-27(28,29)30/h4-13,15H,14H2,1-3H3,(H2,31,32,33)/b34-13-,36-26+. The molecule has 1 saturated heterocycles. The third-order valence-corrected chi connectivity index (χ3v) is 6.48. The zero-order valence-electron chi connectivity index (χ0n) is 22.1. The van der Waals surface area contributed by atoms with E-state index in [-0.39, 0.29) is 23.2 Å². The van der Waals surface area contributed by atoms with Gasteiger partial charge in [0, 0.05) is 11.6 Å². The number of aryl methyl sites for hydroxylation is 2. The Hall–Kier alpha value is -4.72. The van der Waals surface area contributed by atoms with Crippen LogP contribution in [0.1, 0.15) is 22.4 Å². The number of ether oxygens (including phenoxy) is 2. The van der Waals surface area contributed by atoms with Crippen molar-refractivity contribution in [3.63, 3.8) is 0 Å². The van der Waals surface area contributed by atoms with Crippen molar-refractivity contribution in [1.29, 1.82) is 0 Å². The molecule has 10 nitrogen and oxygen atoms in total. The van der Waals surface area contributed by atoms with E-state index in [2.05, 4.69) is 29.9 Å². The zero-order chi connectivity index (χ0) is 29.6. The van der Waals surface area contributed by atoms with Crippen LogP contribution in [-0.2, 0) is 4.79 Å². The van der Waals surface area contributed by atoms with Gasteiger partial charge in [0.15, 0.2) is 5.17 Å². The molecule has 0 spiro atoms. The van der Waals surface area contributed by atoms with Crippen molar-refractivity contribution in [2.45, 2.75) is 20.2 Å². The van der Waals surface area contributed by atoms with Gasteiger partial charge in [-0.3, -0.25) is 9.69 Å². The normalized spacial score (nSPS) is 15.5. The third-order valence-electron chi connectivity index (χ3n) is 5.56. The van der Waals surface area contributed by atoms with E-state index < -0.39 is 6.36 Å². The first kappa shape index (κ1) is 29.3. The van der Waals surface area contributed by atoms with E-state index >= 15 is 0 Å². The highest BCUT2D eigenvalue weighted by Crippen LogP contribution is 2.33. The van der Waals surface area contributed by atoms with Crippen LogP contribution >= 0.6 is 11.8 Å². The molecule has 2 aromatic carbocycles. The number of carbonyl (C=O) groups is 1. The summed E-state index contributed by atoms with van der Waals surface area (Å²) < 4.78 is 45.8. The van der Waals surface area contributed by atoms with Crippen molar-refractivity contribution in [1.82, 2.24) is 4.98 Å². The minimum absolute atomic E-state index is 0.114. The molecular weight excluding hydrogens is 559 g/mol. The summed E-state index contributed by atoms with van der Waals surface area (Å²) in [5.41, 5.74) is 9.87. The van der Waals surface area contributed by atoms with Crippen LogP contribution in [0.5, 0.6) is 11.6 Å². The number of amidine groups is 2. The molecule has 0 atom stereocenters. The quantitative estimate of drug-likeness (QED) is 0.222. The monoisotopic (exact) mass is 583 g/mol. The van der Waals surface area contributed by atoms with Gasteiger partial charge in [-0.2, -0.15) is 5.10 Å². The van der Waals surface area contributed by atoms with Gasteiger partial charge < -0.3 is 15.2 Å². The molecule has 1 aliphatic rings. The molecule has 3 aromatic rings. The van der Waals surface area contributed by atoms with Crippen molar-refractivity contribution in [2.75, 3.05) is 17.8 Å². The average Bonchev–Trinajstić information content (AvgIpc) is 3.28. The van der Waals surface area contributed by atoms with E-state index in [9.17, 15) is 18.0 Å². The van der Waals surface area contributed by atoms with E-state index in [0.717, 1.165) is 23.3 Å². The number of alkyl halides is 3. The molecule has 1 aliphatic heterocycles. The van der Waals surface area contributed by atoms with Gasteiger partial charge in [-0.15, -0.1) is 18.3 Å². The molecule has 1 aromatic heterocycles. The van der Waals surface area contributed by atoms with E-state index in [0.29, 0.717) is 33.7 Å². The first-order chi connectivity index (χ1) is 19.5. The molecule has 0 aliphatic carbocycles. The number of anilines is 1. The summed E-state index contributed by atoms with van der Waals surface area (Å²) in [6, 6.07) is 13.8. The summed E-state index contributed by atoms with van der Waals surface area (Å²) in [4.78, 5) is 26.6. The lowest BCUT2D eigenvalue weighted by Crippen LogP contribution is -2.30.